The van der Waals surface area contributed by atoms with Gasteiger partial charge >= 0.3 is 5.97 Å². The normalized spacial score (nSPS) is 13.8. The molecular formula is C53H95NO5. The molecule has 3 unspecified atom stereocenters. The molecule has 0 aliphatic rings. The van der Waals surface area contributed by atoms with Crippen molar-refractivity contribution in [1.82, 2.24) is 5.32 Å². The fourth-order valence-corrected chi connectivity index (χ4v) is 7.31. The third kappa shape index (κ3) is 42.1. The highest BCUT2D eigenvalue weighted by Crippen LogP contribution is 2.17. The van der Waals surface area contributed by atoms with Crippen molar-refractivity contribution in [2.24, 2.45) is 0 Å². The monoisotopic (exact) mass is 826 g/mol. The fraction of sp³-hybridized carbons (Fsp3) is 0.774. The molecule has 0 aromatic heterocycles. The molecule has 0 saturated heterocycles. The van der Waals surface area contributed by atoms with Gasteiger partial charge in [-0.15, -0.1) is 0 Å². The van der Waals surface area contributed by atoms with E-state index in [1.165, 1.54) is 103 Å². The van der Waals surface area contributed by atoms with Gasteiger partial charge < -0.3 is 20.3 Å². The number of esters is 1. The number of hydrogen-bond acceptors (Lipinski definition) is 5. The molecule has 0 fully saturated rings. The Labute approximate surface area is 365 Å². The molecule has 0 aromatic carbocycles. The Morgan fingerprint density at radius 1 is 0.508 bits per heavy atom. The van der Waals surface area contributed by atoms with Crippen LogP contribution in [-0.2, 0) is 14.3 Å². The summed E-state index contributed by atoms with van der Waals surface area (Å²) in [5.74, 6) is -0.541. The van der Waals surface area contributed by atoms with E-state index in [9.17, 15) is 19.8 Å². The minimum absolute atomic E-state index is 0.0355. The summed E-state index contributed by atoms with van der Waals surface area (Å²) in [5.41, 5.74) is 0. The van der Waals surface area contributed by atoms with E-state index in [4.69, 9.17) is 4.74 Å². The Hall–Kier alpha value is -2.44. The Morgan fingerprint density at radius 2 is 0.966 bits per heavy atom. The van der Waals surface area contributed by atoms with Crippen LogP contribution in [0.2, 0.25) is 0 Å². The fourth-order valence-electron chi connectivity index (χ4n) is 7.31. The molecule has 0 bridgehead atoms. The van der Waals surface area contributed by atoms with Crippen LogP contribution in [0.15, 0.2) is 60.8 Å². The van der Waals surface area contributed by atoms with Gasteiger partial charge in [-0.2, -0.15) is 0 Å². The molecule has 0 saturated carbocycles. The first-order valence-electron chi connectivity index (χ1n) is 25.0. The van der Waals surface area contributed by atoms with Gasteiger partial charge in [0.25, 0.3) is 0 Å². The zero-order chi connectivity index (χ0) is 43.1. The van der Waals surface area contributed by atoms with Crippen LogP contribution in [-0.4, -0.2) is 46.9 Å². The van der Waals surface area contributed by atoms with Gasteiger partial charge in [-0.05, 0) is 77.0 Å². The number of unbranched alkanes of at least 4 members (excludes halogenated alkanes) is 22. The molecule has 3 atom stereocenters. The van der Waals surface area contributed by atoms with Gasteiger partial charge in [-0.25, -0.2) is 0 Å². The number of ether oxygens (including phenoxy) is 1. The molecule has 0 spiro atoms. The first-order chi connectivity index (χ1) is 29.0. The molecule has 0 rings (SSSR count). The van der Waals surface area contributed by atoms with Crippen LogP contribution in [0.4, 0.5) is 0 Å². The lowest BCUT2D eigenvalue weighted by atomic mass is 10.0. The minimum Gasteiger partial charge on any atom is -0.462 e. The molecule has 0 aliphatic carbocycles. The summed E-state index contributed by atoms with van der Waals surface area (Å²) in [6.45, 7) is 6.29. The molecule has 6 heteroatoms. The average molecular weight is 826 g/mol. The van der Waals surface area contributed by atoms with E-state index in [-0.39, 0.29) is 24.9 Å². The SMILES string of the molecule is CC/C=C/C/C=C/C/C=C/C/C=C/CCCC(CC(=O)NC(CO)C(O)CCCCCCCCCCCCCCCCCC)OC(=O)CCCCCCC/C=C\CCC. The third-order valence-corrected chi connectivity index (χ3v) is 11.1. The molecule has 6 nitrogen and oxygen atoms in total. The lowest BCUT2D eigenvalue weighted by Gasteiger charge is -2.24. The van der Waals surface area contributed by atoms with E-state index in [0.29, 0.717) is 19.3 Å². The average Bonchev–Trinajstić information content (AvgIpc) is 3.23. The number of nitrogens with one attached hydrogen (secondary N) is 1. The van der Waals surface area contributed by atoms with Crippen LogP contribution in [0.1, 0.15) is 239 Å². The van der Waals surface area contributed by atoms with E-state index >= 15 is 0 Å². The van der Waals surface area contributed by atoms with E-state index in [0.717, 1.165) is 89.9 Å². The largest absolute Gasteiger partial charge is 0.462 e. The predicted molar refractivity (Wildman–Crippen MR) is 255 cm³/mol. The Balaban J connectivity index is 4.60. The summed E-state index contributed by atoms with van der Waals surface area (Å²) in [7, 11) is 0. The maximum Gasteiger partial charge on any atom is 0.306 e. The second-order valence-electron chi connectivity index (χ2n) is 16.8. The summed E-state index contributed by atoms with van der Waals surface area (Å²) in [6.07, 6.45) is 57.2. The van der Waals surface area contributed by atoms with Gasteiger partial charge in [0.1, 0.15) is 6.10 Å². The summed E-state index contributed by atoms with van der Waals surface area (Å²) in [6, 6.07) is -0.721. The molecule has 59 heavy (non-hydrogen) atoms. The number of carbonyl (C=O) groups excluding carboxylic acids is 2. The van der Waals surface area contributed by atoms with Crippen molar-refractivity contribution in [2.75, 3.05) is 6.61 Å². The van der Waals surface area contributed by atoms with Gasteiger partial charge in [0.15, 0.2) is 0 Å². The van der Waals surface area contributed by atoms with Crippen molar-refractivity contribution < 1.29 is 24.5 Å². The van der Waals surface area contributed by atoms with Gasteiger partial charge in [-0.3, -0.25) is 9.59 Å². The predicted octanol–water partition coefficient (Wildman–Crippen LogP) is 14.8. The van der Waals surface area contributed by atoms with Crippen LogP contribution >= 0.6 is 0 Å². The lowest BCUT2D eigenvalue weighted by Crippen LogP contribution is -2.46. The maximum atomic E-state index is 13.2. The van der Waals surface area contributed by atoms with E-state index in [1.807, 2.05) is 0 Å². The zero-order valence-electron chi connectivity index (χ0n) is 38.9. The van der Waals surface area contributed by atoms with Crippen molar-refractivity contribution in [3.05, 3.63) is 60.8 Å². The van der Waals surface area contributed by atoms with Crippen molar-refractivity contribution >= 4 is 11.9 Å². The van der Waals surface area contributed by atoms with Crippen LogP contribution in [0.25, 0.3) is 0 Å². The summed E-state index contributed by atoms with van der Waals surface area (Å²) < 4.78 is 5.88. The quantitative estimate of drug-likeness (QED) is 0.0323. The van der Waals surface area contributed by atoms with E-state index in [1.54, 1.807) is 0 Å². The molecule has 0 radical (unpaired) electrons. The van der Waals surface area contributed by atoms with Crippen LogP contribution in [0.5, 0.6) is 0 Å². The molecule has 1 amide bonds. The van der Waals surface area contributed by atoms with Gasteiger partial charge in [0.05, 0.1) is 25.2 Å². The molecule has 0 aromatic rings. The number of rotatable bonds is 44. The minimum atomic E-state index is -0.804. The van der Waals surface area contributed by atoms with Gasteiger partial charge in [0, 0.05) is 6.42 Å². The molecule has 342 valence electrons. The van der Waals surface area contributed by atoms with Gasteiger partial charge in [0.2, 0.25) is 5.91 Å². The first kappa shape index (κ1) is 56.6. The highest BCUT2D eigenvalue weighted by molar-refractivity contribution is 5.77. The highest BCUT2D eigenvalue weighted by atomic mass is 16.5. The van der Waals surface area contributed by atoms with Crippen molar-refractivity contribution in [3.8, 4) is 0 Å². The Morgan fingerprint density at radius 3 is 1.51 bits per heavy atom. The van der Waals surface area contributed by atoms with E-state index < -0.39 is 18.2 Å². The van der Waals surface area contributed by atoms with Crippen molar-refractivity contribution in [1.29, 1.82) is 0 Å². The molecule has 3 N–H and O–H groups in total. The Bertz CT molecular complexity index is 1060. The molecule has 0 aliphatic heterocycles. The smallest absolute Gasteiger partial charge is 0.306 e. The van der Waals surface area contributed by atoms with Crippen LogP contribution in [0.3, 0.4) is 0 Å². The number of allylic oxidation sites excluding steroid dienone is 10. The summed E-state index contributed by atoms with van der Waals surface area (Å²) >= 11 is 0. The van der Waals surface area contributed by atoms with E-state index in [2.05, 4.69) is 86.8 Å². The first-order valence-corrected chi connectivity index (χ1v) is 25.0. The van der Waals surface area contributed by atoms with Crippen LogP contribution < -0.4 is 5.32 Å². The van der Waals surface area contributed by atoms with Crippen LogP contribution in [0, 0.1) is 0 Å². The van der Waals surface area contributed by atoms with Crippen molar-refractivity contribution in [3.63, 3.8) is 0 Å². The second-order valence-corrected chi connectivity index (χ2v) is 16.8. The Kier molecular flexibility index (Phi) is 44.7. The number of aliphatic hydroxyl groups excluding tert-OH is 2. The summed E-state index contributed by atoms with van der Waals surface area (Å²) in [4.78, 5) is 26.0. The lowest BCUT2D eigenvalue weighted by molar-refractivity contribution is -0.151. The molecular weight excluding hydrogens is 731 g/mol. The van der Waals surface area contributed by atoms with Gasteiger partial charge in [-0.1, -0.05) is 210 Å². The summed E-state index contributed by atoms with van der Waals surface area (Å²) in [5, 5.41) is 23.7. The number of hydrogen-bond donors (Lipinski definition) is 3. The third-order valence-electron chi connectivity index (χ3n) is 11.1. The molecule has 0 heterocycles. The zero-order valence-corrected chi connectivity index (χ0v) is 38.9. The number of aliphatic hydroxyl groups is 2. The van der Waals surface area contributed by atoms with Crippen molar-refractivity contribution in [2.45, 2.75) is 257 Å². The second kappa shape index (κ2) is 46.6. The highest BCUT2D eigenvalue weighted by Gasteiger charge is 2.24. The number of amides is 1. The number of carbonyl (C=O) groups is 2. The topological polar surface area (TPSA) is 95.9 Å². The standard InChI is InChI=1S/C53H95NO5/c1-4-7-10-13-16-19-22-24-26-27-29-31-33-36-39-42-45-51(56)50(48-55)54-52(57)47-49(59-53(58)46-43-40-37-34-21-18-15-12-9-6-3)44-41-38-35-32-30-28-25-23-20-17-14-11-8-5-2/h8,11-12,15,17,20,25,28,32,35,49-51,55-56H,4-7,9-10,13-14,16,18-19,21-24,26-27,29-31,33-34,36-48H2,1-3H3,(H,54,57)/b11-8+,15-12-,20-17+,28-25+,35-32+. The maximum absolute atomic E-state index is 13.2.